The van der Waals surface area contributed by atoms with E-state index < -0.39 is 0 Å². The van der Waals surface area contributed by atoms with Crippen molar-refractivity contribution in [2.24, 2.45) is 0 Å². The fourth-order valence-corrected chi connectivity index (χ4v) is 4.63. The third-order valence-corrected chi connectivity index (χ3v) is 6.14. The van der Waals surface area contributed by atoms with Crippen molar-refractivity contribution in [3.63, 3.8) is 0 Å². The first-order valence-electron chi connectivity index (χ1n) is 9.51. The molecule has 2 aliphatic heterocycles. The number of rotatable bonds is 5. The number of ether oxygens (including phenoxy) is 1. The quantitative estimate of drug-likeness (QED) is 0.861. The molecule has 7 nitrogen and oxygen atoms in total. The number of likely N-dealkylation sites (tertiary alicyclic amines) is 1. The number of hydrogen-bond acceptors (Lipinski definition) is 8. The summed E-state index contributed by atoms with van der Waals surface area (Å²) >= 11 is 1.58. The Hall–Kier alpha value is -1.64. The number of nitrogens with zero attached hydrogens (tertiary/aromatic N) is 5. The van der Waals surface area contributed by atoms with Gasteiger partial charge in [0, 0.05) is 25.3 Å². The van der Waals surface area contributed by atoms with E-state index in [-0.39, 0.29) is 0 Å². The summed E-state index contributed by atoms with van der Waals surface area (Å²) in [7, 11) is 0. The lowest BCUT2D eigenvalue weighted by Crippen LogP contribution is -2.39. The number of aryl methyl sites for hydroxylation is 2. The Balaban J connectivity index is 1.54. The molecule has 2 fully saturated rings. The molecular formula is C18H26N6OS. The molecule has 4 heterocycles. The molecule has 0 spiro atoms. The molecule has 0 aliphatic carbocycles. The van der Waals surface area contributed by atoms with Crippen molar-refractivity contribution in [3.05, 3.63) is 22.6 Å². The molecule has 1 atom stereocenters. The summed E-state index contributed by atoms with van der Waals surface area (Å²) in [5.41, 5.74) is 1.12. The third kappa shape index (κ3) is 3.87. The van der Waals surface area contributed by atoms with Crippen molar-refractivity contribution in [1.29, 1.82) is 0 Å². The van der Waals surface area contributed by atoms with Gasteiger partial charge in [0.2, 0.25) is 5.13 Å². The van der Waals surface area contributed by atoms with Crippen LogP contribution in [0.4, 0.5) is 10.9 Å². The van der Waals surface area contributed by atoms with Crippen LogP contribution in [0.3, 0.4) is 0 Å². The average Bonchev–Trinajstić information content (AvgIpc) is 3.31. The van der Waals surface area contributed by atoms with Crippen LogP contribution >= 0.6 is 11.3 Å². The first kappa shape index (κ1) is 17.8. The van der Waals surface area contributed by atoms with Gasteiger partial charge in [-0.15, -0.1) is 10.2 Å². The summed E-state index contributed by atoms with van der Waals surface area (Å²) in [5, 5.41) is 13.5. The maximum atomic E-state index is 5.54. The Morgan fingerprint density at radius 1 is 1.23 bits per heavy atom. The number of nitrogens with one attached hydrogen (secondary N) is 1. The van der Waals surface area contributed by atoms with Gasteiger partial charge in [0.05, 0.1) is 11.7 Å². The molecule has 0 radical (unpaired) electrons. The van der Waals surface area contributed by atoms with Gasteiger partial charge in [-0.25, -0.2) is 9.97 Å². The Morgan fingerprint density at radius 2 is 2.08 bits per heavy atom. The highest BCUT2D eigenvalue weighted by Crippen LogP contribution is 2.36. The van der Waals surface area contributed by atoms with Crippen molar-refractivity contribution >= 4 is 22.3 Å². The molecule has 140 valence electrons. The molecule has 0 amide bonds. The number of hydrogen-bond donors (Lipinski definition) is 1. The molecule has 1 N–H and O–H groups in total. The fraction of sp³-hybridized carbons (Fsp3) is 0.667. The van der Waals surface area contributed by atoms with Gasteiger partial charge in [-0.2, -0.15) is 0 Å². The topological polar surface area (TPSA) is 76.1 Å². The Bertz CT molecular complexity index is 745. The van der Waals surface area contributed by atoms with E-state index in [0.29, 0.717) is 12.1 Å². The van der Waals surface area contributed by atoms with Gasteiger partial charge in [-0.05, 0) is 45.6 Å². The molecule has 0 bridgehead atoms. The van der Waals surface area contributed by atoms with Crippen molar-refractivity contribution < 1.29 is 4.74 Å². The zero-order chi connectivity index (χ0) is 17.9. The fourth-order valence-electron chi connectivity index (χ4n) is 3.94. The van der Waals surface area contributed by atoms with E-state index in [2.05, 4.69) is 38.4 Å². The minimum Gasteiger partial charge on any atom is -0.381 e. The van der Waals surface area contributed by atoms with E-state index >= 15 is 0 Å². The smallest absolute Gasteiger partial charge is 0.211 e. The van der Waals surface area contributed by atoms with Crippen LogP contribution < -0.4 is 5.32 Å². The van der Waals surface area contributed by atoms with Gasteiger partial charge in [0.15, 0.2) is 0 Å². The van der Waals surface area contributed by atoms with Crippen molar-refractivity contribution in [2.75, 3.05) is 25.1 Å². The Kier molecular flexibility index (Phi) is 5.42. The molecule has 2 aliphatic rings. The monoisotopic (exact) mass is 374 g/mol. The van der Waals surface area contributed by atoms with Crippen LogP contribution in [-0.2, 0) is 11.2 Å². The molecule has 2 saturated heterocycles. The lowest BCUT2D eigenvalue weighted by Gasteiger charge is -2.35. The van der Waals surface area contributed by atoms with E-state index in [1.807, 2.05) is 6.92 Å². The highest BCUT2D eigenvalue weighted by Gasteiger charge is 2.33. The van der Waals surface area contributed by atoms with Gasteiger partial charge < -0.3 is 10.1 Å². The zero-order valence-corrected chi connectivity index (χ0v) is 16.3. The Labute approximate surface area is 158 Å². The molecule has 0 saturated carbocycles. The van der Waals surface area contributed by atoms with Gasteiger partial charge in [-0.3, -0.25) is 4.90 Å². The molecule has 4 rings (SSSR count). The maximum Gasteiger partial charge on any atom is 0.211 e. The highest BCUT2D eigenvalue weighted by molar-refractivity contribution is 7.15. The normalized spacial score (nSPS) is 22.0. The predicted molar refractivity (Wildman–Crippen MR) is 102 cm³/mol. The second-order valence-corrected chi connectivity index (χ2v) is 8.01. The molecule has 26 heavy (non-hydrogen) atoms. The number of anilines is 2. The van der Waals surface area contributed by atoms with Crippen LogP contribution in [0.1, 0.15) is 55.2 Å². The van der Waals surface area contributed by atoms with E-state index in [0.717, 1.165) is 72.9 Å². The van der Waals surface area contributed by atoms with Crippen molar-refractivity contribution in [2.45, 2.75) is 58.0 Å². The first-order valence-corrected chi connectivity index (χ1v) is 10.3. The molecule has 0 aromatic carbocycles. The van der Waals surface area contributed by atoms with E-state index in [9.17, 15) is 0 Å². The lowest BCUT2D eigenvalue weighted by atomic mass is 10.0. The largest absolute Gasteiger partial charge is 0.381 e. The summed E-state index contributed by atoms with van der Waals surface area (Å²) in [4.78, 5) is 12.0. The molecular weight excluding hydrogens is 348 g/mol. The SMILES string of the molecule is CCc1nnc(Nc2cc([C@@H]3CCCN3C3CCOCC3)nc(C)n2)s1. The van der Waals surface area contributed by atoms with Crippen LogP contribution in [0.15, 0.2) is 6.07 Å². The first-order chi connectivity index (χ1) is 12.7. The van der Waals surface area contributed by atoms with Crippen LogP contribution in [0, 0.1) is 6.92 Å². The Morgan fingerprint density at radius 3 is 2.85 bits per heavy atom. The van der Waals surface area contributed by atoms with E-state index in [1.165, 1.54) is 6.42 Å². The second kappa shape index (κ2) is 7.94. The van der Waals surface area contributed by atoms with Crippen LogP contribution in [0.25, 0.3) is 0 Å². The molecule has 0 unspecified atom stereocenters. The summed E-state index contributed by atoms with van der Waals surface area (Å²) < 4.78 is 5.54. The van der Waals surface area contributed by atoms with Crippen LogP contribution in [0.2, 0.25) is 0 Å². The van der Waals surface area contributed by atoms with Gasteiger partial charge >= 0.3 is 0 Å². The second-order valence-electron chi connectivity index (χ2n) is 6.94. The number of aromatic nitrogens is 4. The summed E-state index contributed by atoms with van der Waals surface area (Å²) in [5.74, 6) is 1.61. The highest BCUT2D eigenvalue weighted by atomic mass is 32.1. The van der Waals surface area contributed by atoms with Crippen molar-refractivity contribution in [1.82, 2.24) is 25.1 Å². The summed E-state index contributed by atoms with van der Waals surface area (Å²) in [6.45, 7) is 6.94. The van der Waals surface area contributed by atoms with Crippen LogP contribution in [-0.4, -0.2) is 50.9 Å². The van der Waals surface area contributed by atoms with E-state index in [4.69, 9.17) is 9.72 Å². The average molecular weight is 375 g/mol. The van der Waals surface area contributed by atoms with Gasteiger partial charge in [0.1, 0.15) is 16.6 Å². The zero-order valence-electron chi connectivity index (χ0n) is 15.4. The maximum absolute atomic E-state index is 5.54. The van der Waals surface area contributed by atoms with Crippen LogP contribution in [0.5, 0.6) is 0 Å². The van der Waals surface area contributed by atoms with E-state index in [1.54, 1.807) is 11.3 Å². The summed E-state index contributed by atoms with van der Waals surface area (Å²) in [6.07, 6.45) is 5.53. The minimum atomic E-state index is 0.376. The molecule has 2 aromatic rings. The standard InChI is InChI=1S/C18H26N6OS/c1-3-17-22-23-18(26-17)21-16-11-14(19-12(2)20-16)15-5-4-8-24(15)13-6-9-25-10-7-13/h11,13,15H,3-10H2,1-2H3,(H,19,20,21,23)/t15-/m0/s1. The van der Waals surface area contributed by atoms with Gasteiger partial charge in [0.25, 0.3) is 0 Å². The third-order valence-electron chi connectivity index (χ3n) is 5.16. The summed E-state index contributed by atoms with van der Waals surface area (Å²) in [6, 6.07) is 3.07. The lowest BCUT2D eigenvalue weighted by molar-refractivity contribution is 0.0285. The molecule has 2 aromatic heterocycles. The molecule has 8 heteroatoms. The minimum absolute atomic E-state index is 0.376. The van der Waals surface area contributed by atoms with Crippen molar-refractivity contribution in [3.8, 4) is 0 Å². The predicted octanol–water partition coefficient (Wildman–Crippen LogP) is 3.26. The van der Waals surface area contributed by atoms with Gasteiger partial charge in [-0.1, -0.05) is 18.3 Å².